The van der Waals surface area contributed by atoms with Gasteiger partial charge in [-0.15, -0.1) is 0 Å². The molecule has 0 bridgehead atoms. The molecule has 1 unspecified atom stereocenters. The van der Waals surface area contributed by atoms with E-state index in [0.29, 0.717) is 57.9 Å². The predicted octanol–water partition coefficient (Wildman–Crippen LogP) is 2.98. The zero-order valence-corrected chi connectivity index (χ0v) is 20.1. The molecule has 2 N–H and O–H groups in total. The van der Waals surface area contributed by atoms with Crippen LogP contribution in [0.15, 0.2) is 18.2 Å². The van der Waals surface area contributed by atoms with E-state index in [4.69, 9.17) is 10.00 Å². The molecule has 3 amide bonds. The molecule has 1 spiro atoms. The lowest BCUT2D eigenvalue weighted by Gasteiger charge is -2.42. The lowest BCUT2D eigenvalue weighted by molar-refractivity contribution is -0.137. The standard InChI is InChI=1S/C24H32F3N5O3/c1-3-8-30-22(34)31-10-6-23(7-11-31)16-32(15-20(23)21(33)29-9-12-35-2)18-5-4-17(14-28)19(13-18)24(25,26)27/h4-5,13,20H,3,6-12,15-16H2,1-2H3,(H,29,33)(H,30,34). The molecule has 0 saturated carbocycles. The van der Waals surface area contributed by atoms with Crippen molar-refractivity contribution in [1.29, 1.82) is 5.26 Å². The molecule has 192 valence electrons. The Morgan fingerprint density at radius 3 is 2.54 bits per heavy atom. The van der Waals surface area contributed by atoms with Gasteiger partial charge < -0.3 is 25.2 Å². The number of hydrogen-bond donors (Lipinski definition) is 2. The van der Waals surface area contributed by atoms with Gasteiger partial charge in [-0.25, -0.2) is 4.79 Å². The number of anilines is 1. The zero-order chi connectivity index (χ0) is 25.6. The molecule has 2 aliphatic heterocycles. The Bertz CT molecular complexity index is 955. The summed E-state index contributed by atoms with van der Waals surface area (Å²) in [7, 11) is 1.54. The SMILES string of the molecule is CCCNC(=O)N1CCC2(CC1)CN(c1ccc(C#N)c(C(F)(F)F)c1)CC2C(=O)NCCOC. The van der Waals surface area contributed by atoms with Gasteiger partial charge in [-0.05, 0) is 37.5 Å². The Morgan fingerprint density at radius 1 is 1.23 bits per heavy atom. The van der Waals surface area contributed by atoms with Crippen LogP contribution in [0.5, 0.6) is 0 Å². The molecule has 35 heavy (non-hydrogen) atoms. The van der Waals surface area contributed by atoms with Gasteiger partial charge in [-0.2, -0.15) is 18.4 Å². The number of nitriles is 1. The molecule has 2 heterocycles. The fourth-order valence-corrected chi connectivity index (χ4v) is 4.99. The van der Waals surface area contributed by atoms with Gasteiger partial charge in [0.05, 0.1) is 29.7 Å². The number of urea groups is 1. The van der Waals surface area contributed by atoms with Crippen LogP contribution in [-0.2, 0) is 15.7 Å². The largest absolute Gasteiger partial charge is 0.417 e. The number of amides is 3. The van der Waals surface area contributed by atoms with E-state index in [9.17, 15) is 22.8 Å². The van der Waals surface area contributed by atoms with Crippen LogP contribution in [0.25, 0.3) is 0 Å². The Morgan fingerprint density at radius 2 is 1.94 bits per heavy atom. The number of hydrogen-bond acceptors (Lipinski definition) is 5. The molecule has 11 heteroatoms. The second-order valence-electron chi connectivity index (χ2n) is 9.14. The van der Waals surface area contributed by atoms with Crippen LogP contribution in [0.1, 0.15) is 37.3 Å². The van der Waals surface area contributed by atoms with Gasteiger partial charge in [0.1, 0.15) is 0 Å². The molecule has 1 aromatic rings. The number of methoxy groups -OCH3 is 1. The van der Waals surface area contributed by atoms with Gasteiger partial charge in [-0.1, -0.05) is 6.92 Å². The maximum Gasteiger partial charge on any atom is 0.417 e. The summed E-state index contributed by atoms with van der Waals surface area (Å²) < 4.78 is 45.7. The van der Waals surface area contributed by atoms with Gasteiger partial charge >= 0.3 is 12.2 Å². The number of benzene rings is 1. The summed E-state index contributed by atoms with van der Waals surface area (Å²) in [5, 5.41) is 14.9. The third kappa shape index (κ3) is 5.99. The number of alkyl halides is 3. The number of carbonyl (C=O) groups excluding carboxylic acids is 2. The van der Waals surface area contributed by atoms with Crippen molar-refractivity contribution < 1.29 is 27.5 Å². The van der Waals surface area contributed by atoms with Crippen LogP contribution in [-0.4, -0.2) is 69.8 Å². The van der Waals surface area contributed by atoms with Crippen LogP contribution in [0.2, 0.25) is 0 Å². The van der Waals surface area contributed by atoms with E-state index in [2.05, 4.69) is 10.6 Å². The number of rotatable bonds is 7. The maximum absolute atomic E-state index is 13.5. The predicted molar refractivity (Wildman–Crippen MR) is 124 cm³/mol. The van der Waals surface area contributed by atoms with Crippen molar-refractivity contribution in [2.75, 3.05) is 57.9 Å². The lowest BCUT2D eigenvalue weighted by atomic mass is 9.70. The van der Waals surface area contributed by atoms with E-state index in [0.717, 1.165) is 12.5 Å². The van der Waals surface area contributed by atoms with Gasteiger partial charge in [0.2, 0.25) is 5.91 Å². The number of nitrogens with one attached hydrogen (secondary N) is 2. The highest BCUT2D eigenvalue weighted by molar-refractivity contribution is 5.81. The van der Waals surface area contributed by atoms with Crippen LogP contribution in [0, 0.1) is 22.7 Å². The normalized spacial score (nSPS) is 19.5. The summed E-state index contributed by atoms with van der Waals surface area (Å²) in [4.78, 5) is 29.1. The average Bonchev–Trinajstić information content (AvgIpc) is 3.20. The van der Waals surface area contributed by atoms with E-state index in [1.165, 1.54) is 19.2 Å². The van der Waals surface area contributed by atoms with Gasteiger partial charge in [0.15, 0.2) is 0 Å². The Labute approximate surface area is 203 Å². The Kier molecular flexibility index (Phi) is 8.48. The minimum atomic E-state index is -4.66. The number of piperidine rings is 1. The minimum Gasteiger partial charge on any atom is -0.383 e. The zero-order valence-electron chi connectivity index (χ0n) is 20.1. The fourth-order valence-electron chi connectivity index (χ4n) is 4.99. The van der Waals surface area contributed by atoms with Crippen LogP contribution < -0.4 is 15.5 Å². The minimum absolute atomic E-state index is 0.139. The third-order valence-electron chi connectivity index (χ3n) is 6.94. The summed E-state index contributed by atoms with van der Waals surface area (Å²) in [5.41, 5.74) is -1.58. The molecule has 1 aromatic carbocycles. The highest BCUT2D eigenvalue weighted by atomic mass is 19.4. The van der Waals surface area contributed by atoms with Crippen molar-refractivity contribution in [3.05, 3.63) is 29.3 Å². The summed E-state index contributed by atoms with van der Waals surface area (Å²) in [6, 6.07) is 5.13. The van der Waals surface area contributed by atoms with E-state index >= 15 is 0 Å². The second-order valence-corrected chi connectivity index (χ2v) is 9.14. The first-order valence-electron chi connectivity index (χ1n) is 11.8. The van der Waals surface area contributed by atoms with Crippen molar-refractivity contribution in [3.63, 3.8) is 0 Å². The Hall–Kier alpha value is -3.00. The molecule has 0 radical (unpaired) electrons. The van der Waals surface area contributed by atoms with Gasteiger partial charge in [-0.3, -0.25) is 4.79 Å². The fraction of sp³-hybridized carbons (Fsp3) is 0.625. The van der Waals surface area contributed by atoms with Crippen LogP contribution in [0.4, 0.5) is 23.7 Å². The van der Waals surface area contributed by atoms with Crippen molar-refractivity contribution in [2.24, 2.45) is 11.3 Å². The summed E-state index contributed by atoms with van der Waals surface area (Å²) in [5.74, 6) is -0.622. The average molecular weight is 496 g/mol. The molecule has 3 rings (SSSR count). The quantitative estimate of drug-likeness (QED) is 0.567. The number of halogens is 3. The molecule has 1 atom stereocenters. The van der Waals surface area contributed by atoms with E-state index in [-0.39, 0.29) is 18.5 Å². The van der Waals surface area contributed by atoms with E-state index in [1.807, 2.05) is 6.92 Å². The first-order chi connectivity index (χ1) is 16.6. The molecule has 2 fully saturated rings. The molecule has 0 aliphatic carbocycles. The number of ether oxygens (including phenoxy) is 1. The topological polar surface area (TPSA) is 97.7 Å². The highest BCUT2D eigenvalue weighted by Crippen LogP contribution is 2.47. The van der Waals surface area contributed by atoms with Crippen molar-refractivity contribution in [1.82, 2.24) is 15.5 Å². The first-order valence-corrected chi connectivity index (χ1v) is 11.8. The van der Waals surface area contributed by atoms with Crippen molar-refractivity contribution in [3.8, 4) is 6.07 Å². The first kappa shape index (κ1) is 26.6. The summed E-state index contributed by atoms with van der Waals surface area (Å²) in [6.07, 6.45) is -2.71. The van der Waals surface area contributed by atoms with Gasteiger partial charge in [0, 0.05) is 57.5 Å². The molecule has 8 nitrogen and oxygen atoms in total. The molecule has 0 aromatic heterocycles. The highest BCUT2D eigenvalue weighted by Gasteiger charge is 2.51. The summed E-state index contributed by atoms with van der Waals surface area (Å²) in [6.45, 7) is 4.82. The summed E-state index contributed by atoms with van der Waals surface area (Å²) >= 11 is 0. The number of likely N-dealkylation sites (tertiary alicyclic amines) is 1. The second kappa shape index (κ2) is 11.2. The van der Waals surface area contributed by atoms with Crippen LogP contribution in [0.3, 0.4) is 0 Å². The Balaban J connectivity index is 1.84. The smallest absolute Gasteiger partial charge is 0.383 e. The van der Waals surface area contributed by atoms with Crippen molar-refractivity contribution in [2.45, 2.75) is 32.4 Å². The van der Waals surface area contributed by atoms with Gasteiger partial charge in [0.25, 0.3) is 0 Å². The third-order valence-corrected chi connectivity index (χ3v) is 6.94. The molecular formula is C24H32F3N5O3. The monoisotopic (exact) mass is 495 g/mol. The maximum atomic E-state index is 13.5. The van der Waals surface area contributed by atoms with E-state index in [1.54, 1.807) is 15.9 Å². The molecular weight excluding hydrogens is 463 g/mol. The van der Waals surface area contributed by atoms with Crippen LogP contribution >= 0.6 is 0 Å². The number of carbonyl (C=O) groups is 2. The lowest BCUT2D eigenvalue weighted by Crippen LogP contribution is -2.52. The number of nitrogens with zero attached hydrogens (tertiary/aromatic N) is 3. The van der Waals surface area contributed by atoms with E-state index < -0.39 is 28.6 Å². The van der Waals surface area contributed by atoms with Crippen molar-refractivity contribution >= 4 is 17.6 Å². The molecule has 2 aliphatic rings. The molecule has 2 saturated heterocycles.